The lowest BCUT2D eigenvalue weighted by Gasteiger charge is -2.25. The first-order valence-corrected chi connectivity index (χ1v) is 6.52. The number of nitrogens with one attached hydrogen (secondary N) is 2. The standard InChI is InChI=1S/C16H16N2O/c19-16-15(17-10-11-18-16)14-9-5-4-8-13(14)12-6-2-1-3-7-12/h1-9,15,17H,10-11H2,(H,18,19)/t15-/m0/s1. The normalized spacial score (nSPS) is 18.9. The average molecular weight is 252 g/mol. The van der Waals surface area contributed by atoms with E-state index in [9.17, 15) is 4.79 Å². The summed E-state index contributed by atoms with van der Waals surface area (Å²) in [6.07, 6.45) is 0. The van der Waals surface area contributed by atoms with E-state index in [0.29, 0.717) is 6.54 Å². The predicted octanol–water partition coefficient (Wildman–Crippen LogP) is 2.11. The van der Waals surface area contributed by atoms with Gasteiger partial charge >= 0.3 is 0 Å². The SMILES string of the molecule is O=C1NCCN[C@H]1c1ccccc1-c1ccccc1. The van der Waals surface area contributed by atoms with Crippen LogP contribution in [-0.2, 0) is 4.79 Å². The van der Waals surface area contributed by atoms with E-state index in [-0.39, 0.29) is 11.9 Å². The number of piperazine rings is 1. The largest absolute Gasteiger partial charge is 0.353 e. The van der Waals surface area contributed by atoms with E-state index in [1.165, 1.54) is 0 Å². The van der Waals surface area contributed by atoms with Crippen LogP contribution in [0.5, 0.6) is 0 Å². The Morgan fingerprint density at radius 3 is 2.42 bits per heavy atom. The van der Waals surface area contributed by atoms with Gasteiger partial charge in [0.25, 0.3) is 0 Å². The van der Waals surface area contributed by atoms with Crippen LogP contribution in [-0.4, -0.2) is 19.0 Å². The number of benzene rings is 2. The second-order valence-electron chi connectivity index (χ2n) is 4.63. The number of carbonyl (C=O) groups excluding carboxylic acids is 1. The van der Waals surface area contributed by atoms with Crippen molar-refractivity contribution in [2.75, 3.05) is 13.1 Å². The maximum Gasteiger partial charge on any atom is 0.241 e. The molecule has 2 aromatic carbocycles. The van der Waals surface area contributed by atoms with Crippen LogP contribution < -0.4 is 10.6 Å². The van der Waals surface area contributed by atoms with Crippen molar-refractivity contribution in [3.05, 3.63) is 60.2 Å². The summed E-state index contributed by atoms with van der Waals surface area (Å²) >= 11 is 0. The second kappa shape index (κ2) is 5.24. The van der Waals surface area contributed by atoms with Gasteiger partial charge in [0.05, 0.1) is 0 Å². The fourth-order valence-corrected chi connectivity index (χ4v) is 2.48. The van der Waals surface area contributed by atoms with Crippen molar-refractivity contribution >= 4 is 5.91 Å². The summed E-state index contributed by atoms with van der Waals surface area (Å²) < 4.78 is 0. The quantitative estimate of drug-likeness (QED) is 0.859. The fraction of sp³-hybridized carbons (Fsp3) is 0.188. The zero-order valence-electron chi connectivity index (χ0n) is 10.6. The molecule has 96 valence electrons. The van der Waals surface area contributed by atoms with Crippen molar-refractivity contribution in [3.63, 3.8) is 0 Å². The summed E-state index contributed by atoms with van der Waals surface area (Å²) in [6, 6.07) is 18.0. The molecule has 19 heavy (non-hydrogen) atoms. The second-order valence-corrected chi connectivity index (χ2v) is 4.63. The highest BCUT2D eigenvalue weighted by Crippen LogP contribution is 2.28. The van der Waals surface area contributed by atoms with E-state index >= 15 is 0 Å². The Kier molecular flexibility index (Phi) is 3.29. The molecule has 1 aliphatic rings. The van der Waals surface area contributed by atoms with E-state index in [1.807, 2.05) is 36.4 Å². The molecule has 1 atom stereocenters. The molecule has 1 fully saturated rings. The summed E-state index contributed by atoms with van der Waals surface area (Å²) in [7, 11) is 0. The molecule has 3 nitrogen and oxygen atoms in total. The molecule has 2 aromatic rings. The number of carbonyl (C=O) groups is 1. The third-order valence-corrected chi connectivity index (χ3v) is 3.39. The van der Waals surface area contributed by atoms with Crippen molar-refractivity contribution in [1.82, 2.24) is 10.6 Å². The Labute approximate surface area is 112 Å². The van der Waals surface area contributed by atoms with E-state index in [0.717, 1.165) is 23.2 Å². The molecule has 0 bridgehead atoms. The van der Waals surface area contributed by atoms with Gasteiger partial charge in [-0.3, -0.25) is 4.79 Å². The third kappa shape index (κ3) is 2.37. The molecule has 0 saturated carbocycles. The molecule has 2 N–H and O–H groups in total. The van der Waals surface area contributed by atoms with Crippen molar-refractivity contribution < 1.29 is 4.79 Å². The highest BCUT2D eigenvalue weighted by molar-refractivity contribution is 5.86. The first-order valence-electron chi connectivity index (χ1n) is 6.52. The number of rotatable bonds is 2. The van der Waals surface area contributed by atoms with Crippen LogP contribution in [0.3, 0.4) is 0 Å². The highest BCUT2D eigenvalue weighted by atomic mass is 16.2. The van der Waals surface area contributed by atoms with Crippen LogP contribution in [0.15, 0.2) is 54.6 Å². The molecule has 1 heterocycles. The average Bonchev–Trinajstić information content (AvgIpc) is 2.49. The Hall–Kier alpha value is -2.13. The minimum absolute atomic E-state index is 0.0506. The van der Waals surface area contributed by atoms with E-state index in [1.54, 1.807) is 0 Å². The van der Waals surface area contributed by atoms with Crippen LogP contribution in [0.4, 0.5) is 0 Å². The maximum absolute atomic E-state index is 12.0. The zero-order valence-corrected chi connectivity index (χ0v) is 10.6. The molecule has 1 aliphatic heterocycles. The van der Waals surface area contributed by atoms with Gasteiger partial charge in [-0.2, -0.15) is 0 Å². The van der Waals surface area contributed by atoms with Gasteiger partial charge in [-0.05, 0) is 16.7 Å². The molecule has 0 spiro atoms. The van der Waals surface area contributed by atoms with Crippen LogP contribution in [0, 0.1) is 0 Å². The molecule has 3 rings (SSSR count). The molecule has 3 heteroatoms. The van der Waals surface area contributed by atoms with E-state index in [2.05, 4.69) is 28.8 Å². The molecule has 0 radical (unpaired) electrons. The first kappa shape index (κ1) is 11.9. The molecule has 1 amide bonds. The van der Waals surface area contributed by atoms with Crippen LogP contribution in [0.1, 0.15) is 11.6 Å². The molecule has 1 saturated heterocycles. The van der Waals surface area contributed by atoms with Gasteiger partial charge < -0.3 is 10.6 Å². The topological polar surface area (TPSA) is 41.1 Å². The fourth-order valence-electron chi connectivity index (χ4n) is 2.48. The summed E-state index contributed by atoms with van der Waals surface area (Å²) in [5.74, 6) is 0.0506. The first-order chi connectivity index (χ1) is 9.36. The summed E-state index contributed by atoms with van der Waals surface area (Å²) in [5.41, 5.74) is 3.28. The Morgan fingerprint density at radius 1 is 0.895 bits per heavy atom. The van der Waals surface area contributed by atoms with Gasteiger partial charge in [0.15, 0.2) is 0 Å². The molecular formula is C16H16N2O. The molecule has 0 unspecified atom stereocenters. The van der Waals surface area contributed by atoms with Crippen molar-refractivity contribution in [2.45, 2.75) is 6.04 Å². The molecule has 0 aliphatic carbocycles. The van der Waals surface area contributed by atoms with Crippen molar-refractivity contribution in [1.29, 1.82) is 0 Å². The Morgan fingerprint density at radius 2 is 1.63 bits per heavy atom. The van der Waals surface area contributed by atoms with Crippen LogP contribution in [0.25, 0.3) is 11.1 Å². The Balaban J connectivity index is 2.04. The highest BCUT2D eigenvalue weighted by Gasteiger charge is 2.25. The monoisotopic (exact) mass is 252 g/mol. The third-order valence-electron chi connectivity index (χ3n) is 3.39. The Bertz CT molecular complexity index is 580. The minimum Gasteiger partial charge on any atom is -0.353 e. The maximum atomic E-state index is 12.0. The van der Waals surface area contributed by atoms with Gasteiger partial charge in [0.2, 0.25) is 5.91 Å². The summed E-state index contributed by atoms with van der Waals surface area (Å²) in [5, 5.41) is 6.19. The lowest BCUT2D eigenvalue weighted by molar-refractivity contribution is -0.124. The summed E-state index contributed by atoms with van der Waals surface area (Å²) in [6.45, 7) is 1.50. The smallest absolute Gasteiger partial charge is 0.241 e. The van der Waals surface area contributed by atoms with Gasteiger partial charge in [-0.1, -0.05) is 54.6 Å². The van der Waals surface area contributed by atoms with Crippen LogP contribution in [0.2, 0.25) is 0 Å². The summed E-state index contributed by atoms with van der Waals surface area (Å²) in [4.78, 5) is 12.0. The number of hydrogen-bond acceptors (Lipinski definition) is 2. The molecule has 0 aromatic heterocycles. The lowest BCUT2D eigenvalue weighted by atomic mass is 9.94. The minimum atomic E-state index is -0.259. The van der Waals surface area contributed by atoms with Gasteiger partial charge in [0, 0.05) is 13.1 Å². The van der Waals surface area contributed by atoms with Crippen LogP contribution >= 0.6 is 0 Å². The number of amides is 1. The van der Waals surface area contributed by atoms with E-state index in [4.69, 9.17) is 0 Å². The predicted molar refractivity (Wildman–Crippen MR) is 75.6 cm³/mol. The van der Waals surface area contributed by atoms with Crippen molar-refractivity contribution in [2.24, 2.45) is 0 Å². The molecular weight excluding hydrogens is 236 g/mol. The van der Waals surface area contributed by atoms with Gasteiger partial charge in [-0.15, -0.1) is 0 Å². The van der Waals surface area contributed by atoms with E-state index < -0.39 is 0 Å². The van der Waals surface area contributed by atoms with Gasteiger partial charge in [0.1, 0.15) is 6.04 Å². The zero-order chi connectivity index (χ0) is 13.1. The number of hydrogen-bond donors (Lipinski definition) is 2. The van der Waals surface area contributed by atoms with Gasteiger partial charge in [-0.25, -0.2) is 0 Å². The van der Waals surface area contributed by atoms with Crippen molar-refractivity contribution in [3.8, 4) is 11.1 Å². The lowest BCUT2D eigenvalue weighted by Crippen LogP contribution is -2.47.